The van der Waals surface area contributed by atoms with Crippen LogP contribution in [0.1, 0.15) is 35.8 Å². The minimum absolute atomic E-state index is 0.252. The van der Waals surface area contributed by atoms with Gasteiger partial charge in [-0.25, -0.2) is 0 Å². The molecule has 5 rings (SSSR count). The maximum Gasteiger partial charge on any atom is 0.276 e. The van der Waals surface area contributed by atoms with Crippen molar-refractivity contribution in [2.24, 2.45) is 0 Å². The first-order valence-electron chi connectivity index (χ1n) is 10.6. The third-order valence-electron chi connectivity index (χ3n) is 5.93. The van der Waals surface area contributed by atoms with E-state index in [1.54, 1.807) is 6.07 Å². The summed E-state index contributed by atoms with van der Waals surface area (Å²) in [6.07, 6.45) is 3.47. The second-order valence-corrected chi connectivity index (χ2v) is 8.02. The smallest absolute Gasteiger partial charge is 0.276 e. The van der Waals surface area contributed by atoms with Crippen molar-refractivity contribution in [3.8, 4) is 0 Å². The third kappa shape index (κ3) is 3.49. The molecule has 1 fully saturated rings. The van der Waals surface area contributed by atoms with Crippen LogP contribution in [0, 0.1) is 0 Å². The Morgan fingerprint density at radius 1 is 0.967 bits per heavy atom. The molecule has 3 heterocycles. The van der Waals surface area contributed by atoms with Crippen LogP contribution < -0.4 is 15.1 Å². The highest BCUT2D eigenvalue weighted by Gasteiger charge is 2.28. The number of aromatic nitrogens is 2. The topological polar surface area (TPSA) is 61.4 Å². The average Bonchev–Trinajstić information content (AvgIpc) is 3.42. The number of nitrogens with zero attached hydrogens (tertiary/aromatic N) is 4. The molecule has 1 saturated heterocycles. The summed E-state index contributed by atoms with van der Waals surface area (Å²) in [7, 11) is 0. The Bertz CT molecular complexity index is 1040. The van der Waals surface area contributed by atoms with E-state index < -0.39 is 0 Å². The summed E-state index contributed by atoms with van der Waals surface area (Å²) in [5.74, 6) is 0.511. The number of para-hydroxylation sites is 1. The molecule has 2 aliphatic rings. The standard InChI is InChI=1S/C24H25N5O/c1-17-16-18-6-2-3-7-22(18)29(17)23-13-12-21(26-27-23)24(30)25-19-8-10-20(11-9-19)28-14-4-5-15-28/h2-3,6-13,17H,4-5,14-16H2,1H3,(H,25,30). The fourth-order valence-corrected chi connectivity index (χ4v) is 4.42. The van der Waals surface area contributed by atoms with E-state index in [0.717, 1.165) is 36.7 Å². The first kappa shape index (κ1) is 18.6. The summed E-state index contributed by atoms with van der Waals surface area (Å²) in [6, 6.07) is 20.3. The molecule has 1 unspecified atom stereocenters. The van der Waals surface area contributed by atoms with Gasteiger partial charge in [-0.05, 0) is 74.2 Å². The predicted molar refractivity (Wildman–Crippen MR) is 120 cm³/mol. The molecule has 2 aliphatic heterocycles. The number of fused-ring (bicyclic) bond motifs is 1. The lowest BCUT2D eigenvalue weighted by Gasteiger charge is -2.23. The number of rotatable bonds is 4. The lowest BCUT2D eigenvalue weighted by Crippen LogP contribution is -2.25. The Kier molecular flexibility index (Phi) is 4.83. The molecule has 0 radical (unpaired) electrons. The van der Waals surface area contributed by atoms with Crippen molar-refractivity contribution >= 4 is 28.8 Å². The van der Waals surface area contributed by atoms with Gasteiger partial charge in [0.2, 0.25) is 0 Å². The Balaban J connectivity index is 1.28. The molecule has 0 saturated carbocycles. The van der Waals surface area contributed by atoms with Gasteiger partial charge in [0, 0.05) is 36.2 Å². The lowest BCUT2D eigenvalue weighted by atomic mass is 10.1. The second kappa shape index (κ2) is 7.78. The number of carbonyl (C=O) groups excluding carboxylic acids is 1. The van der Waals surface area contributed by atoms with Gasteiger partial charge in [-0.2, -0.15) is 0 Å². The zero-order valence-corrected chi connectivity index (χ0v) is 17.1. The van der Waals surface area contributed by atoms with Gasteiger partial charge < -0.3 is 15.1 Å². The van der Waals surface area contributed by atoms with Gasteiger partial charge in [-0.3, -0.25) is 4.79 Å². The van der Waals surface area contributed by atoms with Crippen LogP contribution in [-0.2, 0) is 6.42 Å². The fraction of sp³-hybridized carbons (Fsp3) is 0.292. The van der Waals surface area contributed by atoms with Gasteiger partial charge >= 0.3 is 0 Å². The van der Waals surface area contributed by atoms with Crippen LogP contribution in [0.5, 0.6) is 0 Å². The van der Waals surface area contributed by atoms with Crippen molar-refractivity contribution in [1.82, 2.24) is 10.2 Å². The van der Waals surface area contributed by atoms with Crippen molar-refractivity contribution in [3.05, 3.63) is 71.9 Å². The minimum Gasteiger partial charge on any atom is -0.372 e. The molecule has 30 heavy (non-hydrogen) atoms. The van der Waals surface area contributed by atoms with Crippen molar-refractivity contribution in [3.63, 3.8) is 0 Å². The molecular formula is C24H25N5O. The summed E-state index contributed by atoms with van der Waals surface area (Å²) in [5, 5.41) is 11.5. The maximum absolute atomic E-state index is 12.6. The highest BCUT2D eigenvalue weighted by atomic mass is 16.1. The third-order valence-corrected chi connectivity index (χ3v) is 5.93. The fourth-order valence-electron chi connectivity index (χ4n) is 4.42. The Labute approximate surface area is 176 Å². The molecule has 1 aromatic heterocycles. The zero-order valence-electron chi connectivity index (χ0n) is 17.1. The Morgan fingerprint density at radius 2 is 1.73 bits per heavy atom. The molecule has 1 N–H and O–H groups in total. The quantitative estimate of drug-likeness (QED) is 0.704. The number of nitrogens with one attached hydrogen (secondary N) is 1. The summed E-state index contributed by atoms with van der Waals surface area (Å²) < 4.78 is 0. The van der Waals surface area contributed by atoms with E-state index in [1.165, 1.54) is 24.1 Å². The van der Waals surface area contributed by atoms with Gasteiger partial charge in [0.05, 0.1) is 0 Å². The number of benzene rings is 2. The van der Waals surface area contributed by atoms with E-state index in [0.29, 0.717) is 11.7 Å². The van der Waals surface area contributed by atoms with Crippen LogP contribution in [-0.4, -0.2) is 35.2 Å². The molecule has 3 aromatic rings. The van der Waals surface area contributed by atoms with Crippen LogP contribution in [0.15, 0.2) is 60.7 Å². The van der Waals surface area contributed by atoms with E-state index in [1.807, 2.05) is 24.3 Å². The SMILES string of the molecule is CC1Cc2ccccc2N1c1ccc(C(=O)Nc2ccc(N3CCCC3)cc2)nn1. The molecule has 6 nitrogen and oxygen atoms in total. The van der Waals surface area contributed by atoms with Crippen molar-refractivity contribution < 1.29 is 4.79 Å². The number of amides is 1. The summed E-state index contributed by atoms with van der Waals surface area (Å²) in [4.78, 5) is 17.2. The van der Waals surface area contributed by atoms with E-state index >= 15 is 0 Å². The molecule has 0 bridgehead atoms. The summed E-state index contributed by atoms with van der Waals surface area (Å²) in [6.45, 7) is 4.38. The molecule has 6 heteroatoms. The molecule has 0 spiro atoms. The molecule has 1 amide bonds. The van der Waals surface area contributed by atoms with Crippen molar-refractivity contribution in [1.29, 1.82) is 0 Å². The Morgan fingerprint density at radius 3 is 2.47 bits per heavy atom. The second-order valence-electron chi connectivity index (χ2n) is 8.02. The number of anilines is 4. The first-order chi connectivity index (χ1) is 14.7. The van der Waals surface area contributed by atoms with Crippen LogP contribution in [0.25, 0.3) is 0 Å². The van der Waals surface area contributed by atoms with Crippen LogP contribution in [0.3, 0.4) is 0 Å². The summed E-state index contributed by atoms with van der Waals surface area (Å²) in [5.41, 5.74) is 4.74. The highest BCUT2D eigenvalue weighted by Crippen LogP contribution is 2.36. The van der Waals surface area contributed by atoms with Crippen molar-refractivity contribution in [2.75, 3.05) is 28.2 Å². The minimum atomic E-state index is -0.252. The monoisotopic (exact) mass is 399 g/mol. The average molecular weight is 399 g/mol. The number of hydrogen-bond donors (Lipinski definition) is 1. The molecule has 152 valence electrons. The van der Waals surface area contributed by atoms with E-state index in [-0.39, 0.29) is 5.91 Å². The Hall–Kier alpha value is -3.41. The van der Waals surface area contributed by atoms with E-state index in [4.69, 9.17) is 0 Å². The van der Waals surface area contributed by atoms with Gasteiger partial charge in [0.25, 0.3) is 5.91 Å². The normalized spacial score (nSPS) is 17.8. The zero-order chi connectivity index (χ0) is 20.5. The van der Waals surface area contributed by atoms with Crippen LogP contribution in [0.2, 0.25) is 0 Å². The highest BCUT2D eigenvalue weighted by molar-refractivity contribution is 6.02. The number of carbonyl (C=O) groups is 1. The summed E-state index contributed by atoms with van der Waals surface area (Å²) >= 11 is 0. The van der Waals surface area contributed by atoms with Gasteiger partial charge in [-0.1, -0.05) is 18.2 Å². The van der Waals surface area contributed by atoms with E-state index in [9.17, 15) is 4.79 Å². The first-order valence-corrected chi connectivity index (χ1v) is 10.6. The lowest BCUT2D eigenvalue weighted by molar-refractivity contribution is 0.102. The molecule has 0 aliphatic carbocycles. The van der Waals surface area contributed by atoms with E-state index in [2.05, 4.69) is 62.6 Å². The van der Waals surface area contributed by atoms with Crippen LogP contribution >= 0.6 is 0 Å². The molecule has 2 aromatic carbocycles. The van der Waals surface area contributed by atoms with Gasteiger partial charge in [0.15, 0.2) is 11.5 Å². The van der Waals surface area contributed by atoms with Crippen LogP contribution in [0.4, 0.5) is 22.9 Å². The number of hydrogen-bond acceptors (Lipinski definition) is 5. The predicted octanol–water partition coefficient (Wildman–Crippen LogP) is 4.41. The largest absolute Gasteiger partial charge is 0.372 e. The van der Waals surface area contributed by atoms with Crippen molar-refractivity contribution in [2.45, 2.75) is 32.2 Å². The van der Waals surface area contributed by atoms with Gasteiger partial charge in [0.1, 0.15) is 0 Å². The molecule has 1 atom stereocenters. The maximum atomic E-state index is 12.6. The van der Waals surface area contributed by atoms with Gasteiger partial charge in [-0.15, -0.1) is 10.2 Å². The molecular weight excluding hydrogens is 374 g/mol.